The third-order valence-corrected chi connectivity index (χ3v) is 3.09. The summed E-state index contributed by atoms with van der Waals surface area (Å²) in [5.74, 6) is 1.16. The van der Waals surface area contributed by atoms with Gasteiger partial charge < -0.3 is 10.5 Å². The van der Waals surface area contributed by atoms with Gasteiger partial charge in [-0.05, 0) is 38.8 Å². The van der Waals surface area contributed by atoms with E-state index in [1.807, 2.05) is 20.8 Å². The lowest BCUT2D eigenvalue weighted by molar-refractivity contribution is 0.117. The van der Waals surface area contributed by atoms with Gasteiger partial charge in [0.2, 0.25) is 0 Å². The standard InChI is InChI=1S/C13H23N3O/c1-8(7-14)13-10(3)15-12(16-11(13)4)6-9(2)17-5/h8-9H,6-7,14H2,1-5H3. The molecule has 2 N–H and O–H groups in total. The molecule has 96 valence electrons. The fourth-order valence-corrected chi connectivity index (χ4v) is 2.06. The lowest BCUT2D eigenvalue weighted by Gasteiger charge is -2.16. The molecule has 0 saturated heterocycles. The highest BCUT2D eigenvalue weighted by Crippen LogP contribution is 2.20. The number of methoxy groups -OCH3 is 1. The molecule has 0 amide bonds. The molecule has 4 nitrogen and oxygen atoms in total. The normalized spacial score (nSPS) is 14.7. The van der Waals surface area contributed by atoms with Gasteiger partial charge in [0, 0.05) is 24.9 Å². The Balaban J connectivity index is 3.01. The minimum absolute atomic E-state index is 0.145. The molecular formula is C13H23N3O. The van der Waals surface area contributed by atoms with E-state index in [4.69, 9.17) is 10.5 Å². The van der Waals surface area contributed by atoms with E-state index in [-0.39, 0.29) is 6.10 Å². The van der Waals surface area contributed by atoms with Crippen LogP contribution in [0.3, 0.4) is 0 Å². The average molecular weight is 237 g/mol. The fourth-order valence-electron chi connectivity index (χ4n) is 2.06. The number of hydrogen-bond acceptors (Lipinski definition) is 4. The summed E-state index contributed by atoms with van der Waals surface area (Å²) in [4.78, 5) is 9.09. The molecule has 0 spiro atoms. The second kappa shape index (κ2) is 6.07. The van der Waals surface area contributed by atoms with Gasteiger partial charge in [-0.25, -0.2) is 9.97 Å². The summed E-state index contributed by atoms with van der Waals surface area (Å²) < 4.78 is 5.23. The van der Waals surface area contributed by atoms with Gasteiger partial charge in [-0.15, -0.1) is 0 Å². The van der Waals surface area contributed by atoms with Crippen molar-refractivity contribution in [3.05, 3.63) is 22.8 Å². The maximum absolute atomic E-state index is 5.71. The summed E-state index contributed by atoms with van der Waals surface area (Å²) in [5, 5.41) is 0. The van der Waals surface area contributed by atoms with Gasteiger partial charge in [0.05, 0.1) is 6.10 Å². The Kier molecular flexibility index (Phi) is 5.02. The molecule has 0 aliphatic heterocycles. The van der Waals surface area contributed by atoms with E-state index in [9.17, 15) is 0 Å². The van der Waals surface area contributed by atoms with E-state index in [0.29, 0.717) is 12.5 Å². The van der Waals surface area contributed by atoms with Crippen molar-refractivity contribution < 1.29 is 4.74 Å². The van der Waals surface area contributed by atoms with Crippen LogP contribution in [0.2, 0.25) is 0 Å². The average Bonchev–Trinajstić information content (AvgIpc) is 2.27. The van der Waals surface area contributed by atoms with E-state index in [0.717, 1.165) is 23.6 Å². The van der Waals surface area contributed by atoms with E-state index in [1.165, 1.54) is 5.56 Å². The number of ether oxygens (including phenoxy) is 1. The predicted molar refractivity (Wildman–Crippen MR) is 69.2 cm³/mol. The fraction of sp³-hybridized carbons (Fsp3) is 0.692. The number of nitrogens with zero attached hydrogens (tertiary/aromatic N) is 2. The second-order valence-electron chi connectivity index (χ2n) is 4.61. The largest absolute Gasteiger partial charge is 0.381 e. The molecule has 0 aliphatic rings. The van der Waals surface area contributed by atoms with Crippen molar-refractivity contribution >= 4 is 0 Å². The van der Waals surface area contributed by atoms with Crippen molar-refractivity contribution in [3.8, 4) is 0 Å². The molecular weight excluding hydrogens is 214 g/mol. The SMILES string of the molecule is COC(C)Cc1nc(C)c(C(C)CN)c(C)n1. The van der Waals surface area contributed by atoms with Gasteiger partial charge in [0.15, 0.2) is 0 Å². The Morgan fingerprint density at radius 2 is 1.71 bits per heavy atom. The topological polar surface area (TPSA) is 61.0 Å². The molecule has 0 fully saturated rings. The molecule has 1 rings (SSSR count). The highest BCUT2D eigenvalue weighted by molar-refractivity contribution is 5.28. The van der Waals surface area contributed by atoms with Gasteiger partial charge in [0.1, 0.15) is 5.82 Å². The van der Waals surface area contributed by atoms with Gasteiger partial charge in [0.25, 0.3) is 0 Å². The van der Waals surface area contributed by atoms with Crippen LogP contribution in [0.4, 0.5) is 0 Å². The third kappa shape index (κ3) is 3.48. The number of hydrogen-bond donors (Lipinski definition) is 1. The maximum Gasteiger partial charge on any atom is 0.131 e. The Hall–Kier alpha value is -1.00. The first-order chi connectivity index (χ1) is 7.99. The van der Waals surface area contributed by atoms with E-state index >= 15 is 0 Å². The Labute approximate surface area is 104 Å². The Bertz CT molecular complexity index is 356. The van der Waals surface area contributed by atoms with Crippen molar-refractivity contribution in [2.24, 2.45) is 5.73 Å². The summed E-state index contributed by atoms with van der Waals surface area (Å²) in [6.07, 6.45) is 0.890. The first kappa shape index (κ1) is 14.1. The molecule has 4 heteroatoms. The van der Waals surface area contributed by atoms with Crippen LogP contribution in [0, 0.1) is 13.8 Å². The van der Waals surface area contributed by atoms with Crippen LogP contribution in [-0.2, 0) is 11.2 Å². The van der Waals surface area contributed by atoms with Crippen molar-refractivity contribution in [2.45, 2.75) is 46.1 Å². The molecule has 0 aromatic carbocycles. The van der Waals surface area contributed by atoms with Crippen LogP contribution in [0.25, 0.3) is 0 Å². The molecule has 1 aromatic heterocycles. The van der Waals surface area contributed by atoms with Gasteiger partial charge in [-0.1, -0.05) is 6.92 Å². The van der Waals surface area contributed by atoms with Crippen LogP contribution < -0.4 is 5.73 Å². The maximum atomic E-state index is 5.71. The highest BCUT2D eigenvalue weighted by atomic mass is 16.5. The molecule has 17 heavy (non-hydrogen) atoms. The summed E-state index contributed by atoms with van der Waals surface area (Å²) in [7, 11) is 1.70. The summed E-state index contributed by atoms with van der Waals surface area (Å²) >= 11 is 0. The molecule has 0 radical (unpaired) electrons. The minimum atomic E-state index is 0.145. The lowest BCUT2D eigenvalue weighted by atomic mass is 9.98. The van der Waals surface area contributed by atoms with Crippen LogP contribution in [0.15, 0.2) is 0 Å². The number of aryl methyl sites for hydroxylation is 2. The molecule has 2 atom stereocenters. The summed E-state index contributed by atoms with van der Waals surface area (Å²) in [6.45, 7) is 8.80. The third-order valence-electron chi connectivity index (χ3n) is 3.09. The first-order valence-corrected chi connectivity index (χ1v) is 6.06. The van der Waals surface area contributed by atoms with Crippen LogP contribution in [0.5, 0.6) is 0 Å². The number of rotatable bonds is 5. The van der Waals surface area contributed by atoms with E-state index < -0.39 is 0 Å². The summed E-state index contributed by atoms with van der Waals surface area (Å²) in [6, 6.07) is 0. The van der Waals surface area contributed by atoms with E-state index in [2.05, 4.69) is 16.9 Å². The summed E-state index contributed by atoms with van der Waals surface area (Å²) in [5.41, 5.74) is 8.96. The number of aromatic nitrogens is 2. The zero-order valence-electron chi connectivity index (χ0n) is 11.4. The number of nitrogens with two attached hydrogens (primary N) is 1. The highest BCUT2D eigenvalue weighted by Gasteiger charge is 2.14. The predicted octanol–water partition coefficient (Wildman–Crippen LogP) is 1.73. The van der Waals surface area contributed by atoms with Gasteiger partial charge in [-0.3, -0.25) is 0 Å². The molecule has 2 unspecified atom stereocenters. The monoisotopic (exact) mass is 237 g/mol. The van der Waals surface area contributed by atoms with Crippen molar-refractivity contribution in [1.29, 1.82) is 0 Å². The Morgan fingerprint density at radius 1 is 1.18 bits per heavy atom. The zero-order valence-corrected chi connectivity index (χ0v) is 11.4. The zero-order chi connectivity index (χ0) is 13.0. The van der Waals surface area contributed by atoms with Crippen LogP contribution in [-0.4, -0.2) is 29.7 Å². The molecule has 0 bridgehead atoms. The van der Waals surface area contributed by atoms with Crippen LogP contribution >= 0.6 is 0 Å². The molecule has 0 aliphatic carbocycles. The van der Waals surface area contributed by atoms with Gasteiger partial charge in [-0.2, -0.15) is 0 Å². The van der Waals surface area contributed by atoms with Crippen molar-refractivity contribution in [1.82, 2.24) is 9.97 Å². The second-order valence-corrected chi connectivity index (χ2v) is 4.61. The quantitative estimate of drug-likeness (QED) is 0.847. The van der Waals surface area contributed by atoms with E-state index in [1.54, 1.807) is 7.11 Å². The van der Waals surface area contributed by atoms with Crippen LogP contribution in [0.1, 0.15) is 42.5 Å². The minimum Gasteiger partial charge on any atom is -0.381 e. The van der Waals surface area contributed by atoms with Gasteiger partial charge >= 0.3 is 0 Å². The smallest absolute Gasteiger partial charge is 0.131 e. The van der Waals surface area contributed by atoms with Crippen molar-refractivity contribution in [2.75, 3.05) is 13.7 Å². The first-order valence-electron chi connectivity index (χ1n) is 6.06. The molecule has 1 aromatic rings. The Morgan fingerprint density at radius 3 is 2.12 bits per heavy atom. The lowest BCUT2D eigenvalue weighted by Crippen LogP contribution is -2.17. The van der Waals surface area contributed by atoms with Crippen molar-refractivity contribution in [3.63, 3.8) is 0 Å². The molecule has 0 saturated carbocycles. The molecule has 1 heterocycles.